The maximum Gasteiger partial charge on any atom is 0.148 e. The van der Waals surface area contributed by atoms with E-state index >= 15 is 0 Å². The summed E-state index contributed by atoms with van der Waals surface area (Å²) in [6.45, 7) is 0. The second-order valence-corrected chi connectivity index (χ2v) is 34.2. The monoisotopic (exact) mass is 1630 g/mol. The van der Waals surface area contributed by atoms with Crippen molar-refractivity contribution in [1.82, 2.24) is 24.6 Å². The van der Waals surface area contributed by atoms with Crippen LogP contribution in [0.15, 0.2) is 431 Å². The summed E-state index contributed by atoms with van der Waals surface area (Å²) < 4.78 is 22.4. The predicted octanol–water partition coefficient (Wildman–Crippen LogP) is 29.3. The summed E-state index contributed by atoms with van der Waals surface area (Å²) >= 11 is 1.60. The Bertz CT molecular complexity index is 8180. The summed E-state index contributed by atoms with van der Waals surface area (Å²) in [4.78, 5) is 10.3. The van der Waals surface area contributed by atoms with E-state index in [1.165, 1.54) is 111 Å². The minimum atomic E-state index is -0.458. The van der Waals surface area contributed by atoms with Crippen LogP contribution >= 0.6 is 11.3 Å². The van der Waals surface area contributed by atoms with Gasteiger partial charge >= 0.3 is 0 Å². The molecule has 0 unspecified atom stereocenters. The zero-order valence-electron chi connectivity index (χ0n) is 67.9. The summed E-state index contributed by atoms with van der Waals surface area (Å²) in [6, 6.07) is 154. The molecule has 3 aliphatic heterocycles. The van der Waals surface area contributed by atoms with Crippen molar-refractivity contribution in [3.05, 3.63) is 497 Å². The molecular formula is C117H71N5O3S. The fourth-order valence-corrected chi connectivity index (χ4v) is 22.6. The predicted molar refractivity (Wildman–Crippen MR) is 509 cm³/mol. The molecule has 4 aromatic heterocycles. The molecule has 0 saturated carbocycles. The maximum atomic E-state index is 6.80. The van der Waals surface area contributed by atoms with E-state index in [0.29, 0.717) is 0 Å². The standard InChI is InChI=1S/C44H26N2O.C40H25NO.C33H20N2OS/c1-4-14-34-30(11-1)31-12-2-5-15-35(31)44(34)36-16-6-10-20-41(36)47-42-26-28(22-24-37(42)44)27-21-23-29-32-13-3-8-18-39(32)46-40-19-9-7-17-38(40)45-43(46)33(29)25-27;1-2-11-26(12-3-1)36-24-22-27-13-10-16-29(39(27)41-36)28-21-23-35-38(25-28)42-37-20-9-8-19-34(37)40(35)32-17-6-4-14-30(32)31-15-5-7-18-33(31)40;1-2-10-21(11-3-1)31-34-35-32(37-31)22-18-19-28-30(20-22)36-29-17-9-8-16-27(29)33(28)25-14-6-4-12-23(25)24-13-5-7-15-26(24)33/h1-26H;1-25H;1-20H. The Morgan fingerprint density at radius 1 is 0.222 bits per heavy atom. The number of fused-ring (bicyclic) bond motifs is 36. The third kappa shape index (κ3) is 10.3. The molecular weight excluding hydrogens is 1560 g/mol. The van der Waals surface area contributed by atoms with Gasteiger partial charge in [0.15, 0.2) is 0 Å². The van der Waals surface area contributed by atoms with Crippen LogP contribution in [0.25, 0.3) is 137 Å². The molecule has 0 fully saturated rings. The van der Waals surface area contributed by atoms with Crippen LogP contribution in [0.5, 0.6) is 34.5 Å². The second-order valence-electron chi connectivity index (χ2n) is 33.2. The Kier molecular flexibility index (Phi) is 15.9. The quantitative estimate of drug-likeness (QED) is 0.159. The maximum absolute atomic E-state index is 6.80. The zero-order valence-corrected chi connectivity index (χ0v) is 68.7. The second kappa shape index (κ2) is 27.9. The van der Waals surface area contributed by atoms with Gasteiger partial charge in [0.05, 0.1) is 44.0 Å². The first-order chi connectivity index (χ1) is 62.5. The first-order valence-electron chi connectivity index (χ1n) is 42.9. The normalized spacial score (nSPS) is 13.8. The lowest BCUT2D eigenvalue weighted by atomic mass is 9.66. The average Bonchev–Trinajstić information content (AvgIpc) is 1.52. The highest BCUT2D eigenvalue weighted by Crippen LogP contribution is 2.66. The van der Waals surface area contributed by atoms with Crippen LogP contribution in [0.1, 0.15) is 66.8 Å². The van der Waals surface area contributed by atoms with E-state index in [2.05, 4.69) is 415 Å². The van der Waals surface area contributed by atoms with Crippen molar-refractivity contribution in [3.63, 3.8) is 0 Å². The molecule has 28 rings (SSSR count). The molecule has 9 heteroatoms. The lowest BCUT2D eigenvalue weighted by Gasteiger charge is -2.39. The summed E-state index contributed by atoms with van der Waals surface area (Å²) in [5, 5.41) is 15.5. The van der Waals surface area contributed by atoms with E-state index < -0.39 is 16.2 Å². The molecule has 22 aromatic rings. The molecule has 0 radical (unpaired) electrons. The van der Waals surface area contributed by atoms with Gasteiger partial charge in [-0.2, -0.15) is 0 Å². The Hall–Kier alpha value is -16.2. The molecule has 0 N–H and O–H groups in total. The Labute approximate surface area is 730 Å². The van der Waals surface area contributed by atoms with Crippen molar-refractivity contribution in [2.75, 3.05) is 0 Å². The van der Waals surface area contributed by atoms with Crippen LogP contribution in [0.4, 0.5) is 0 Å². The summed E-state index contributed by atoms with van der Waals surface area (Å²) in [5.74, 6) is 5.33. The van der Waals surface area contributed by atoms with Crippen LogP contribution in [0, 0.1) is 0 Å². The highest BCUT2D eigenvalue weighted by molar-refractivity contribution is 7.17. The molecule has 0 amide bonds. The van der Waals surface area contributed by atoms with E-state index in [9.17, 15) is 0 Å². The number of nitrogens with zero attached hydrogens (tertiary/aromatic N) is 5. The largest absolute Gasteiger partial charge is 0.457 e. The Morgan fingerprint density at radius 3 is 1.11 bits per heavy atom. The lowest BCUT2D eigenvalue weighted by Crippen LogP contribution is -2.32. The number of ether oxygens (including phenoxy) is 3. The van der Waals surface area contributed by atoms with Crippen LogP contribution in [0.3, 0.4) is 0 Å². The summed E-state index contributed by atoms with van der Waals surface area (Å²) in [5.41, 5.74) is 35.0. The van der Waals surface area contributed by atoms with Gasteiger partial charge in [-0.05, 0) is 156 Å². The van der Waals surface area contributed by atoms with Gasteiger partial charge in [0, 0.05) is 71.8 Å². The van der Waals surface area contributed by atoms with Gasteiger partial charge in [-0.3, -0.25) is 4.40 Å². The topological polar surface area (TPSA) is 83.7 Å². The van der Waals surface area contributed by atoms with E-state index in [1.807, 2.05) is 30.3 Å². The van der Waals surface area contributed by atoms with Crippen LogP contribution in [0.2, 0.25) is 0 Å². The number of imidazole rings is 1. The minimum Gasteiger partial charge on any atom is -0.457 e. The Balaban J connectivity index is 0.000000101. The fourth-order valence-electron chi connectivity index (χ4n) is 21.7. The molecule has 3 spiro atoms. The molecule has 588 valence electrons. The van der Waals surface area contributed by atoms with E-state index in [-0.39, 0.29) is 0 Å². The van der Waals surface area contributed by atoms with E-state index in [0.717, 1.165) is 128 Å². The van der Waals surface area contributed by atoms with Crippen molar-refractivity contribution >= 4 is 60.6 Å². The third-order valence-electron chi connectivity index (χ3n) is 26.9. The highest BCUT2D eigenvalue weighted by atomic mass is 32.1. The molecule has 7 heterocycles. The lowest BCUT2D eigenvalue weighted by molar-refractivity contribution is 0.436. The molecule has 18 aromatic carbocycles. The molecule has 0 bridgehead atoms. The third-order valence-corrected chi connectivity index (χ3v) is 28.0. The smallest absolute Gasteiger partial charge is 0.148 e. The molecule has 3 aliphatic carbocycles. The Morgan fingerprint density at radius 2 is 0.595 bits per heavy atom. The molecule has 6 aliphatic rings. The fraction of sp³-hybridized carbons (Fsp3) is 0.0256. The number of aromatic nitrogens is 5. The van der Waals surface area contributed by atoms with Crippen molar-refractivity contribution < 1.29 is 14.2 Å². The van der Waals surface area contributed by atoms with Gasteiger partial charge in [-0.15, -0.1) is 10.2 Å². The number of para-hydroxylation sites is 7. The number of benzene rings is 18. The number of hydrogen-bond donors (Lipinski definition) is 0. The number of pyridine rings is 2. The van der Waals surface area contributed by atoms with Gasteiger partial charge in [-0.1, -0.05) is 375 Å². The van der Waals surface area contributed by atoms with Crippen molar-refractivity contribution in [3.8, 4) is 123 Å². The van der Waals surface area contributed by atoms with Crippen LogP contribution in [-0.2, 0) is 16.2 Å². The molecule has 8 nitrogen and oxygen atoms in total. The average molecular weight is 1630 g/mol. The summed E-state index contributed by atoms with van der Waals surface area (Å²) in [6.07, 6.45) is 0. The van der Waals surface area contributed by atoms with E-state index in [1.54, 1.807) is 11.3 Å². The molecule has 126 heavy (non-hydrogen) atoms. The van der Waals surface area contributed by atoms with Gasteiger partial charge < -0.3 is 14.2 Å². The van der Waals surface area contributed by atoms with Crippen molar-refractivity contribution in [1.29, 1.82) is 0 Å². The van der Waals surface area contributed by atoms with Crippen LogP contribution < -0.4 is 14.2 Å². The van der Waals surface area contributed by atoms with Gasteiger partial charge in [0.25, 0.3) is 0 Å². The van der Waals surface area contributed by atoms with E-state index in [4.69, 9.17) is 24.2 Å². The van der Waals surface area contributed by atoms with Gasteiger partial charge in [0.2, 0.25) is 0 Å². The van der Waals surface area contributed by atoms with Crippen LogP contribution in [-0.4, -0.2) is 24.6 Å². The highest BCUT2D eigenvalue weighted by Gasteiger charge is 2.54. The number of hydrogen-bond acceptors (Lipinski definition) is 8. The molecule has 0 atom stereocenters. The van der Waals surface area contributed by atoms with Crippen molar-refractivity contribution in [2.45, 2.75) is 16.2 Å². The van der Waals surface area contributed by atoms with Gasteiger partial charge in [-0.25, -0.2) is 9.97 Å². The SMILES string of the molecule is c1ccc(-c2ccc3cccc(-c4ccc5c(c4)Oc4ccccc4C54c5ccccc5-c5ccccc54)c3n2)cc1.c1ccc(-c2nnc(-c3ccc4c(c3)Oc3ccccc3C43c4ccccc4-c4ccccc43)s2)cc1.c1ccc2c(c1)Oc1cc(-c3ccc4c5ccccc5n5c6ccccc6nc5c4c3)ccc1C21c2ccccc2-c2ccccc21. The first kappa shape index (κ1) is 71.5. The van der Waals surface area contributed by atoms with Crippen molar-refractivity contribution in [2.24, 2.45) is 0 Å². The zero-order chi connectivity index (χ0) is 82.8. The summed E-state index contributed by atoms with van der Waals surface area (Å²) in [7, 11) is 0. The molecule has 0 saturated heterocycles. The minimum absolute atomic E-state index is 0.438. The van der Waals surface area contributed by atoms with Gasteiger partial charge in [0.1, 0.15) is 50.2 Å². The number of rotatable bonds is 5. The first-order valence-corrected chi connectivity index (χ1v) is 43.7.